The summed E-state index contributed by atoms with van der Waals surface area (Å²) in [6, 6.07) is 9.41. The summed E-state index contributed by atoms with van der Waals surface area (Å²) < 4.78 is 17.7. The van der Waals surface area contributed by atoms with E-state index in [4.69, 9.17) is 14.0 Å². The van der Waals surface area contributed by atoms with E-state index in [1.807, 2.05) is 62.9 Å². The summed E-state index contributed by atoms with van der Waals surface area (Å²) in [5.74, 6) is 6.70. The fourth-order valence-corrected chi connectivity index (χ4v) is 3.87. The van der Waals surface area contributed by atoms with Gasteiger partial charge in [-0.2, -0.15) is 0 Å². The van der Waals surface area contributed by atoms with Gasteiger partial charge in [0.15, 0.2) is 0 Å². The quantitative estimate of drug-likeness (QED) is 0.511. The second kappa shape index (κ2) is 9.65. The Bertz CT molecular complexity index is 1050. The zero-order valence-corrected chi connectivity index (χ0v) is 20.4. The van der Waals surface area contributed by atoms with Crippen LogP contribution in [0.2, 0.25) is 0 Å². The van der Waals surface area contributed by atoms with Crippen LogP contribution in [-0.2, 0) is 20.7 Å². The zero-order chi connectivity index (χ0) is 24.3. The highest BCUT2D eigenvalue weighted by Gasteiger charge is 2.52. The molecular formula is C25H31BN4O4. The molecule has 2 fully saturated rings. The van der Waals surface area contributed by atoms with Crippen LogP contribution in [-0.4, -0.2) is 65.0 Å². The molecule has 1 atom stereocenters. The number of nitrogens with zero attached hydrogens (tertiary/aromatic N) is 4. The Kier molecular flexibility index (Phi) is 6.83. The molecule has 0 radical (unpaired) electrons. The molecule has 4 rings (SSSR count). The maximum Gasteiger partial charge on any atom is 0.498 e. The lowest BCUT2D eigenvalue weighted by Crippen LogP contribution is -2.55. The molecule has 178 valence electrons. The summed E-state index contributed by atoms with van der Waals surface area (Å²) in [6.45, 7) is 11.5. The molecule has 0 aliphatic carbocycles. The Balaban J connectivity index is 1.40. The average molecular weight is 462 g/mol. The van der Waals surface area contributed by atoms with Gasteiger partial charge in [0.05, 0.1) is 17.7 Å². The summed E-state index contributed by atoms with van der Waals surface area (Å²) in [6.07, 6.45) is 3.13. The molecule has 0 N–H and O–H groups in total. The second-order valence-corrected chi connectivity index (χ2v) is 9.49. The number of rotatable bonds is 4. The van der Waals surface area contributed by atoms with Crippen molar-refractivity contribution in [2.45, 2.75) is 58.5 Å². The number of benzene rings is 1. The molecule has 3 heterocycles. The summed E-state index contributed by atoms with van der Waals surface area (Å²) in [5.41, 5.74) is 0.867. The van der Waals surface area contributed by atoms with Crippen LogP contribution in [0.1, 0.15) is 40.2 Å². The first-order valence-electron chi connectivity index (χ1n) is 11.5. The van der Waals surface area contributed by atoms with E-state index in [9.17, 15) is 4.79 Å². The van der Waals surface area contributed by atoms with Crippen LogP contribution in [0.3, 0.4) is 0 Å². The van der Waals surface area contributed by atoms with Gasteiger partial charge in [0.2, 0.25) is 5.95 Å². The van der Waals surface area contributed by atoms with Gasteiger partial charge in [-0.15, -0.1) is 5.92 Å². The van der Waals surface area contributed by atoms with E-state index in [0.717, 1.165) is 11.0 Å². The van der Waals surface area contributed by atoms with Crippen LogP contribution < -0.4 is 10.4 Å². The number of anilines is 1. The zero-order valence-electron chi connectivity index (χ0n) is 20.4. The highest BCUT2D eigenvalue weighted by Crippen LogP contribution is 2.36. The van der Waals surface area contributed by atoms with Crippen molar-refractivity contribution in [1.29, 1.82) is 0 Å². The molecule has 8 nitrogen and oxygen atoms in total. The van der Waals surface area contributed by atoms with Crippen LogP contribution in [0.25, 0.3) is 0 Å². The van der Waals surface area contributed by atoms with Gasteiger partial charge in [0.1, 0.15) is 12.6 Å². The van der Waals surface area contributed by atoms with Gasteiger partial charge in [-0.25, -0.2) is 14.8 Å². The lowest BCUT2D eigenvalue weighted by atomic mass is 9.81. The van der Waals surface area contributed by atoms with Crippen molar-refractivity contribution in [3.63, 3.8) is 0 Å². The number of aromatic nitrogens is 2. The van der Waals surface area contributed by atoms with Crippen LogP contribution in [0.4, 0.5) is 10.7 Å². The van der Waals surface area contributed by atoms with E-state index in [2.05, 4.69) is 21.8 Å². The molecule has 0 spiro atoms. The van der Waals surface area contributed by atoms with Crippen LogP contribution in [0.5, 0.6) is 0 Å². The second-order valence-electron chi connectivity index (χ2n) is 9.49. The third-order valence-electron chi connectivity index (χ3n) is 6.60. The molecule has 0 unspecified atom stereocenters. The third-order valence-corrected chi connectivity index (χ3v) is 6.60. The summed E-state index contributed by atoms with van der Waals surface area (Å²) in [4.78, 5) is 25.5. The minimum absolute atomic E-state index is 0.231. The van der Waals surface area contributed by atoms with Gasteiger partial charge in [-0.3, -0.25) is 0 Å². The van der Waals surface area contributed by atoms with Crippen molar-refractivity contribution >= 4 is 24.6 Å². The molecule has 2 aliphatic rings. The lowest BCUT2D eigenvalue weighted by molar-refractivity contribution is 0.00578. The first-order valence-corrected chi connectivity index (χ1v) is 11.5. The molecule has 2 saturated heterocycles. The fourth-order valence-electron chi connectivity index (χ4n) is 3.87. The van der Waals surface area contributed by atoms with Crippen molar-refractivity contribution in [3.05, 3.63) is 48.3 Å². The number of hydrogen-bond donors (Lipinski definition) is 0. The monoisotopic (exact) mass is 462 g/mol. The Morgan fingerprint density at radius 3 is 2.38 bits per heavy atom. The molecule has 0 saturated carbocycles. The van der Waals surface area contributed by atoms with Gasteiger partial charge >= 0.3 is 13.2 Å². The minimum atomic E-state index is -0.512. The van der Waals surface area contributed by atoms with Crippen molar-refractivity contribution in [2.24, 2.45) is 0 Å². The third kappa shape index (κ3) is 5.03. The van der Waals surface area contributed by atoms with Crippen LogP contribution >= 0.6 is 0 Å². The number of amides is 1. The average Bonchev–Trinajstić information content (AvgIpc) is 3.05. The predicted octanol–water partition coefficient (Wildman–Crippen LogP) is 2.63. The molecular weight excluding hydrogens is 431 g/mol. The summed E-state index contributed by atoms with van der Waals surface area (Å²) >= 11 is 0. The smallest absolute Gasteiger partial charge is 0.445 e. The standard InChI is InChI=1S/C25H31BN4O4/c1-6-10-21-17-29(23(31)32-18-19-11-8-7-9-12-19)13-14-30(21)22-27-15-20(16-28-22)26-33-24(2,3)25(4,5)34-26/h7-9,11-12,15-16,21H,13-14,17-18H2,1-5H3/t21-/m0/s1. The first-order chi connectivity index (χ1) is 16.2. The van der Waals surface area contributed by atoms with E-state index in [1.165, 1.54) is 0 Å². The van der Waals surface area contributed by atoms with Gasteiger partial charge in [-0.05, 0) is 40.2 Å². The molecule has 0 bridgehead atoms. The molecule has 34 heavy (non-hydrogen) atoms. The molecule has 1 amide bonds. The number of piperazine rings is 1. The van der Waals surface area contributed by atoms with Gasteiger partial charge < -0.3 is 23.8 Å². The molecule has 1 aromatic carbocycles. The highest BCUT2D eigenvalue weighted by molar-refractivity contribution is 6.61. The van der Waals surface area contributed by atoms with Crippen molar-refractivity contribution in [3.8, 4) is 11.8 Å². The van der Waals surface area contributed by atoms with Crippen molar-refractivity contribution in [1.82, 2.24) is 14.9 Å². The molecule has 2 aliphatic heterocycles. The minimum Gasteiger partial charge on any atom is -0.445 e. The van der Waals surface area contributed by atoms with Gasteiger partial charge in [-0.1, -0.05) is 36.3 Å². The number of ether oxygens (including phenoxy) is 1. The Morgan fingerprint density at radius 2 is 1.76 bits per heavy atom. The predicted molar refractivity (Wildman–Crippen MR) is 131 cm³/mol. The van der Waals surface area contributed by atoms with E-state index >= 15 is 0 Å². The van der Waals surface area contributed by atoms with E-state index < -0.39 is 18.3 Å². The van der Waals surface area contributed by atoms with E-state index in [0.29, 0.717) is 25.6 Å². The number of hydrogen-bond acceptors (Lipinski definition) is 7. The Hall–Kier alpha value is -3.09. The van der Waals surface area contributed by atoms with Crippen molar-refractivity contribution < 1.29 is 18.8 Å². The SMILES string of the molecule is CC#C[C@H]1CN(C(=O)OCc2ccccc2)CCN1c1ncc(B2OC(C)(C)C(C)(C)O2)cn1. The van der Waals surface area contributed by atoms with E-state index in [1.54, 1.807) is 24.2 Å². The normalized spacial score (nSPS) is 21.1. The largest absolute Gasteiger partial charge is 0.498 e. The Labute approximate surface area is 201 Å². The van der Waals surface area contributed by atoms with E-state index in [-0.39, 0.29) is 18.7 Å². The fraction of sp³-hybridized carbons (Fsp3) is 0.480. The Morgan fingerprint density at radius 1 is 1.12 bits per heavy atom. The van der Waals surface area contributed by atoms with Crippen LogP contribution in [0, 0.1) is 11.8 Å². The van der Waals surface area contributed by atoms with Crippen LogP contribution in [0.15, 0.2) is 42.7 Å². The number of carbonyl (C=O) groups is 1. The summed E-state index contributed by atoms with van der Waals surface area (Å²) in [5, 5.41) is 0. The molecule has 1 aromatic heterocycles. The van der Waals surface area contributed by atoms with Gasteiger partial charge in [0.25, 0.3) is 0 Å². The topological polar surface area (TPSA) is 77.0 Å². The maximum absolute atomic E-state index is 12.6. The molecule has 9 heteroatoms. The van der Waals surface area contributed by atoms with Crippen molar-refractivity contribution in [2.75, 3.05) is 24.5 Å². The maximum atomic E-state index is 12.6. The first kappa shape index (κ1) is 24.1. The highest BCUT2D eigenvalue weighted by atomic mass is 16.7. The lowest BCUT2D eigenvalue weighted by Gasteiger charge is -2.38. The number of carbonyl (C=O) groups excluding carboxylic acids is 1. The molecule has 2 aromatic rings. The van der Waals surface area contributed by atoms with Gasteiger partial charge in [0, 0.05) is 30.9 Å². The summed E-state index contributed by atoms with van der Waals surface area (Å²) in [7, 11) is -0.512.